The first-order valence-corrected chi connectivity index (χ1v) is 10.6. The second-order valence-electron chi connectivity index (χ2n) is 6.75. The number of carbonyl (C=O) groups is 2. The topological polar surface area (TPSA) is 101 Å². The zero-order valence-electron chi connectivity index (χ0n) is 17.3. The van der Waals surface area contributed by atoms with E-state index in [1.54, 1.807) is 45.0 Å². The number of aromatic nitrogens is 2. The number of ether oxygens (including phenoxy) is 2. The van der Waals surface area contributed by atoms with Gasteiger partial charge in [0, 0.05) is 5.39 Å². The normalized spacial score (nSPS) is 11.2. The third-order valence-electron chi connectivity index (χ3n) is 4.84. The zero-order valence-corrected chi connectivity index (χ0v) is 18.1. The third kappa shape index (κ3) is 3.61. The summed E-state index contributed by atoms with van der Waals surface area (Å²) >= 11 is 1.12. The zero-order chi connectivity index (χ0) is 22.1. The molecule has 160 valence electrons. The number of fused-ring (bicyclic) bond motifs is 2. The molecule has 4 aromatic rings. The summed E-state index contributed by atoms with van der Waals surface area (Å²) in [4.78, 5) is 43.1. The van der Waals surface area contributed by atoms with E-state index < -0.39 is 11.9 Å². The number of carbonyl (C=O) groups excluding carboxylic acids is 2. The lowest BCUT2D eigenvalue weighted by molar-refractivity contribution is 0.0518. The maximum absolute atomic E-state index is 13.2. The Bertz CT molecular complexity index is 1360. The van der Waals surface area contributed by atoms with Gasteiger partial charge in [-0.2, -0.15) is 0 Å². The van der Waals surface area contributed by atoms with Crippen molar-refractivity contribution in [2.75, 3.05) is 13.2 Å². The van der Waals surface area contributed by atoms with Crippen LogP contribution in [-0.2, 0) is 16.0 Å². The van der Waals surface area contributed by atoms with Crippen LogP contribution < -0.4 is 5.56 Å². The number of furan rings is 1. The standard InChI is InChI=1S/C22H20N2O6S/c1-4-28-21(26)17-13-8-6-7-9-14(13)30-15(17)10-24-11-23-19-16(20(24)25)12(3)18(31-19)22(27)29-5-2/h6-9,11H,4-5,10H2,1-3H3. The average molecular weight is 440 g/mol. The molecule has 0 aliphatic carbocycles. The number of benzene rings is 1. The van der Waals surface area contributed by atoms with Gasteiger partial charge in [-0.15, -0.1) is 11.3 Å². The quantitative estimate of drug-likeness (QED) is 0.419. The smallest absolute Gasteiger partial charge is 0.348 e. The first-order chi connectivity index (χ1) is 15.0. The Labute approximate surface area is 181 Å². The van der Waals surface area contributed by atoms with Gasteiger partial charge in [-0.3, -0.25) is 9.36 Å². The van der Waals surface area contributed by atoms with E-state index in [1.165, 1.54) is 10.9 Å². The number of para-hydroxylation sites is 1. The van der Waals surface area contributed by atoms with Crippen LogP contribution >= 0.6 is 11.3 Å². The van der Waals surface area contributed by atoms with Gasteiger partial charge in [0.25, 0.3) is 5.56 Å². The van der Waals surface area contributed by atoms with E-state index in [0.717, 1.165) is 11.3 Å². The number of hydrogen-bond donors (Lipinski definition) is 0. The summed E-state index contributed by atoms with van der Waals surface area (Å²) in [6, 6.07) is 7.12. The van der Waals surface area contributed by atoms with Crippen molar-refractivity contribution in [3.8, 4) is 0 Å². The van der Waals surface area contributed by atoms with Crippen LogP contribution in [-0.4, -0.2) is 34.7 Å². The second-order valence-corrected chi connectivity index (χ2v) is 7.75. The molecule has 0 saturated carbocycles. The maximum Gasteiger partial charge on any atom is 0.348 e. The summed E-state index contributed by atoms with van der Waals surface area (Å²) in [6.07, 6.45) is 1.39. The summed E-state index contributed by atoms with van der Waals surface area (Å²) < 4.78 is 17.5. The number of aryl methyl sites for hydroxylation is 1. The van der Waals surface area contributed by atoms with E-state index in [9.17, 15) is 14.4 Å². The van der Waals surface area contributed by atoms with E-state index in [2.05, 4.69) is 4.98 Å². The predicted molar refractivity (Wildman–Crippen MR) is 116 cm³/mol. The monoisotopic (exact) mass is 440 g/mol. The summed E-state index contributed by atoms with van der Waals surface area (Å²) in [6.45, 7) is 5.60. The van der Waals surface area contributed by atoms with Crippen molar-refractivity contribution in [2.24, 2.45) is 0 Å². The highest BCUT2D eigenvalue weighted by molar-refractivity contribution is 7.20. The van der Waals surface area contributed by atoms with E-state index in [-0.39, 0.29) is 25.3 Å². The molecule has 8 nitrogen and oxygen atoms in total. The fourth-order valence-electron chi connectivity index (χ4n) is 3.45. The fourth-order valence-corrected chi connectivity index (χ4v) is 4.49. The molecule has 0 saturated heterocycles. The molecule has 0 spiro atoms. The molecule has 0 aliphatic rings. The summed E-state index contributed by atoms with van der Waals surface area (Å²) in [5.41, 5.74) is 1.02. The first kappa shape index (κ1) is 20.8. The third-order valence-corrected chi connectivity index (χ3v) is 6.02. The molecule has 31 heavy (non-hydrogen) atoms. The molecule has 3 aromatic heterocycles. The maximum atomic E-state index is 13.2. The molecule has 3 heterocycles. The Hall–Kier alpha value is -3.46. The predicted octanol–water partition coefficient (Wildman–Crippen LogP) is 3.91. The molecule has 0 amide bonds. The molecule has 4 rings (SSSR count). The Kier molecular flexibility index (Phi) is 5.60. The van der Waals surface area contributed by atoms with Crippen LogP contribution in [0.3, 0.4) is 0 Å². The largest absolute Gasteiger partial charge is 0.462 e. The van der Waals surface area contributed by atoms with Gasteiger partial charge in [0.2, 0.25) is 0 Å². The van der Waals surface area contributed by atoms with E-state index in [4.69, 9.17) is 13.9 Å². The molecule has 0 aliphatic heterocycles. The van der Waals surface area contributed by atoms with Crippen molar-refractivity contribution < 1.29 is 23.5 Å². The van der Waals surface area contributed by atoms with Gasteiger partial charge in [-0.25, -0.2) is 14.6 Å². The molecule has 9 heteroatoms. The highest BCUT2D eigenvalue weighted by atomic mass is 32.1. The van der Waals surface area contributed by atoms with Gasteiger partial charge in [-0.05, 0) is 32.4 Å². The highest BCUT2D eigenvalue weighted by Gasteiger charge is 2.24. The van der Waals surface area contributed by atoms with Crippen LogP contribution in [0.4, 0.5) is 0 Å². The van der Waals surface area contributed by atoms with Crippen LogP contribution in [0.5, 0.6) is 0 Å². The number of hydrogen-bond acceptors (Lipinski definition) is 8. The lowest BCUT2D eigenvalue weighted by Crippen LogP contribution is -2.22. The fraction of sp³-hybridized carbons (Fsp3) is 0.273. The molecule has 0 atom stereocenters. The molecule has 0 unspecified atom stereocenters. The van der Waals surface area contributed by atoms with Gasteiger partial charge >= 0.3 is 11.9 Å². The van der Waals surface area contributed by atoms with Crippen LogP contribution in [0.15, 0.2) is 39.8 Å². The molecule has 1 aromatic carbocycles. The average Bonchev–Trinajstić information content (AvgIpc) is 3.28. The Morgan fingerprint density at radius 3 is 2.58 bits per heavy atom. The second kappa shape index (κ2) is 8.35. The molecule has 0 bridgehead atoms. The molecular weight excluding hydrogens is 420 g/mol. The lowest BCUT2D eigenvalue weighted by Gasteiger charge is -2.06. The van der Waals surface area contributed by atoms with Gasteiger partial charge in [0.15, 0.2) is 0 Å². The number of rotatable bonds is 6. The Morgan fingerprint density at radius 2 is 1.84 bits per heavy atom. The number of esters is 2. The molecular formula is C22H20N2O6S. The van der Waals surface area contributed by atoms with Crippen molar-refractivity contribution in [1.82, 2.24) is 9.55 Å². The highest BCUT2D eigenvalue weighted by Crippen LogP contribution is 2.29. The molecule has 0 radical (unpaired) electrons. The summed E-state index contributed by atoms with van der Waals surface area (Å²) in [5, 5.41) is 0.971. The van der Waals surface area contributed by atoms with E-state index >= 15 is 0 Å². The first-order valence-electron chi connectivity index (χ1n) is 9.79. The van der Waals surface area contributed by atoms with Crippen molar-refractivity contribution in [2.45, 2.75) is 27.3 Å². The van der Waals surface area contributed by atoms with Crippen molar-refractivity contribution in [3.05, 3.63) is 62.7 Å². The minimum absolute atomic E-state index is 0.00533. The minimum Gasteiger partial charge on any atom is -0.462 e. The Morgan fingerprint density at radius 1 is 1.13 bits per heavy atom. The lowest BCUT2D eigenvalue weighted by atomic mass is 10.1. The van der Waals surface area contributed by atoms with Crippen LogP contribution in [0, 0.1) is 6.92 Å². The number of nitrogens with zero attached hydrogens (tertiary/aromatic N) is 2. The van der Waals surface area contributed by atoms with Gasteiger partial charge < -0.3 is 13.9 Å². The SMILES string of the molecule is CCOC(=O)c1sc2ncn(Cc3oc4ccccc4c3C(=O)OCC)c(=O)c2c1C. The van der Waals surface area contributed by atoms with E-state index in [1.807, 2.05) is 0 Å². The van der Waals surface area contributed by atoms with Crippen molar-refractivity contribution in [1.29, 1.82) is 0 Å². The number of thiophene rings is 1. The van der Waals surface area contributed by atoms with Crippen LogP contribution in [0.2, 0.25) is 0 Å². The van der Waals surface area contributed by atoms with Gasteiger partial charge in [0.05, 0.1) is 31.5 Å². The van der Waals surface area contributed by atoms with Crippen LogP contribution in [0.1, 0.15) is 45.2 Å². The van der Waals surface area contributed by atoms with Gasteiger partial charge in [-0.1, -0.05) is 18.2 Å². The van der Waals surface area contributed by atoms with E-state index in [0.29, 0.717) is 43.0 Å². The molecule has 0 N–H and O–H groups in total. The van der Waals surface area contributed by atoms with Crippen molar-refractivity contribution in [3.63, 3.8) is 0 Å². The summed E-state index contributed by atoms with van der Waals surface area (Å²) in [5.74, 6) is -0.682. The minimum atomic E-state index is -0.513. The van der Waals surface area contributed by atoms with Gasteiger partial charge in [0.1, 0.15) is 26.6 Å². The summed E-state index contributed by atoms with van der Waals surface area (Å²) in [7, 11) is 0. The molecule has 0 fully saturated rings. The van der Waals surface area contributed by atoms with Crippen LogP contribution in [0.25, 0.3) is 21.2 Å². The van der Waals surface area contributed by atoms with Crippen molar-refractivity contribution >= 4 is 44.5 Å². The Balaban J connectivity index is 1.82.